The predicted molar refractivity (Wildman–Crippen MR) is 85.0 cm³/mol. The summed E-state index contributed by atoms with van der Waals surface area (Å²) in [5, 5.41) is 2.82. The van der Waals surface area contributed by atoms with Crippen LogP contribution in [-0.4, -0.2) is 18.3 Å². The number of ketones is 1. The fourth-order valence-electron chi connectivity index (χ4n) is 1.99. The van der Waals surface area contributed by atoms with Gasteiger partial charge in [0, 0.05) is 12.1 Å². The monoisotopic (exact) mass is 297 g/mol. The first kappa shape index (κ1) is 15.8. The van der Waals surface area contributed by atoms with E-state index in [1.54, 1.807) is 24.3 Å². The number of amides is 1. The maximum absolute atomic E-state index is 11.8. The number of ether oxygens (including phenoxy) is 1. The predicted octanol–water partition coefficient (Wildman–Crippen LogP) is 2.89. The van der Waals surface area contributed by atoms with Crippen molar-refractivity contribution in [2.24, 2.45) is 0 Å². The summed E-state index contributed by atoms with van der Waals surface area (Å²) in [6.45, 7) is 3.95. The van der Waals surface area contributed by atoms with Crippen LogP contribution in [0.3, 0.4) is 0 Å². The third-order valence-electron chi connectivity index (χ3n) is 3.37. The van der Waals surface area contributed by atoms with Gasteiger partial charge in [-0.05, 0) is 49.2 Å². The Morgan fingerprint density at radius 2 is 1.73 bits per heavy atom. The SMILES string of the molecule is CC(=O)c1ccc(OCC(=O)NCc2ccccc2C)cc1. The lowest BCUT2D eigenvalue weighted by molar-refractivity contribution is -0.123. The molecule has 22 heavy (non-hydrogen) atoms. The lowest BCUT2D eigenvalue weighted by atomic mass is 10.1. The Kier molecular flexibility index (Phi) is 5.31. The number of Topliss-reactive ketones (excluding diaryl/α,β-unsaturated/α-hetero) is 1. The molecule has 1 amide bonds. The Morgan fingerprint density at radius 3 is 2.36 bits per heavy atom. The fraction of sp³-hybridized carbons (Fsp3) is 0.222. The Bertz CT molecular complexity index is 662. The molecule has 0 unspecified atom stereocenters. The second kappa shape index (κ2) is 7.41. The number of hydrogen-bond acceptors (Lipinski definition) is 3. The van der Waals surface area contributed by atoms with Crippen LogP contribution >= 0.6 is 0 Å². The normalized spacial score (nSPS) is 10.1. The molecule has 0 aliphatic heterocycles. The first-order valence-corrected chi connectivity index (χ1v) is 7.11. The summed E-state index contributed by atoms with van der Waals surface area (Å²) in [5.74, 6) is 0.387. The zero-order valence-corrected chi connectivity index (χ0v) is 12.8. The van der Waals surface area contributed by atoms with Gasteiger partial charge in [-0.1, -0.05) is 24.3 Å². The molecule has 0 fully saturated rings. The third-order valence-corrected chi connectivity index (χ3v) is 3.37. The van der Waals surface area contributed by atoms with E-state index in [0.29, 0.717) is 17.9 Å². The maximum atomic E-state index is 11.8. The Labute approximate surface area is 130 Å². The van der Waals surface area contributed by atoms with Gasteiger partial charge in [0.05, 0.1) is 0 Å². The highest BCUT2D eigenvalue weighted by molar-refractivity contribution is 5.94. The summed E-state index contributed by atoms with van der Waals surface area (Å²) in [6, 6.07) is 14.6. The topological polar surface area (TPSA) is 55.4 Å². The summed E-state index contributed by atoms with van der Waals surface area (Å²) in [4.78, 5) is 23.0. The van der Waals surface area contributed by atoms with E-state index >= 15 is 0 Å². The number of aryl methyl sites for hydroxylation is 1. The van der Waals surface area contributed by atoms with E-state index in [1.165, 1.54) is 6.92 Å². The van der Waals surface area contributed by atoms with Crippen molar-refractivity contribution in [3.8, 4) is 5.75 Å². The van der Waals surface area contributed by atoms with Gasteiger partial charge in [0.25, 0.3) is 5.91 Å². The largest absolute Gasteiger partial charge is 0.484 e. The molecule has 0 aromatic heterocycles. The van der Waals surface area contributed by atoms with Crippen LogP contribution in [0.15, 0.2) is 48.5 Å². The van der Waals surface area contributed by atoms with Crippen LogP contribution in [0.4, 0.5) is 0 Å². The van der Waals surface area contributed by atoms with Gasteiger partial charge < -0.3 is 10.1 Å². The minimum absolute atomic E-state index is 0.00234. The first-order valence-electron chi connectivity index (χ1n) is 7.11. The minimum Gasteiger partial charge on any atom is -0.484 e. The van der Waals surface area contributed by atoms with Crippen LogP contribution in [0, 0.1) is 6.92 Å². The van der Waals surface area contributed by atoms with Crippen molar-refractivity contribution in [2.45, 2.75) is 20.4 Å². The number of hydrogen-bond donors (Lipinski definition) is 1. The van der Waals surface area contributed by atoms with Crippen LogP contribution in [0.25, 0.3) is 0 Å². The maximum Gasteiger partial charge on any atom is 0.258 e. The molecule has 2 aromatic rings. The van der Waals surface area contributed by atoms with Crippen LogP contribution in [-0.2, 0) is 11.3 Å². The second-order valence-electron chi connectivity index (χ2n) is 5.07. The number of carbonyl (C=O) groups is 2. The van der Waals surface area contributed by atoms with E-state index in [4.69, 9.17) is 4.74 Å². The Hall–Kier alpha value is -2.62. The second-order valence-corrected chi connectivity index (χ2v) is 5.07. The summed E-state index contributed by atoms with van der Waals surface area (Å²) >= 11 is 0. The number of benzene rings is 2. The lowest BCUT2D eigenvalue weighted by Crippen LogP contribution is -2.28. The molecule has 0 saturated heterocycles. The van der Waals surface area contributed by atoms with Crippen molar-refractivity contribution < 1.29 is 14.3 Å². The Morgan fingerprint density at radius 1 is 1.05 bits per heavy atom. The molecule has 0 aliphatic rings. The molecule has 1 N–H and O–H groups in total. The van der Waals surface area contributed by atoms with Gasteiger partial charge in [-0.25, -0.2) is 0 Å². The van der Waals surface area contributed by atoms with Crippen LogP contribution in [0.1, 0.15) is 28.4 Å². The van der Waals surface area contributed by atoms with Crippen molar-refractivity contribution in [3.63, 3.8) is 0 Å². The van der Waals surface area contributed by atoms with E-state index in [-0.39, 0.29) is 18.3 Å². The Balaban J connectivity index is 1.80. The molecular formula is C18H19NO3. The number of nitrogens with one attached hydrogen (secondary N) is 1. The lowest BCUT2D eigenvalue weighted by Gasteiger charge is -2.09. The van der Waals surface area contributed by atoms with E-state index in [2.05, 4.69) is 5.32 Å². The summed E-state index contributed by atoms with van der Waals surface area (Å²) in [6.07, 6.45) is 0. The molecule has 0 bridgehead atoms. The molecule has 2 aromatic carbocycles. The van der Waals surface area contributed by atoms with E-state index < -0.39 is 0 Å². The number of carbonyl (C=O) groups excluding carboxylic acids is 2. The zero-order valence-electron chi connectivity index (χ0n) is 12.8. The molecule has 2 rings (SSSR count). The van der Waals surface area contributed by atoms with Gasteiger partial charge in [0.15, 0.2) is 12.4 Å². The van der Waals surface area contributed by atoms with Crippen molar-refractivity contribution in [1.29, 1.82) is 0 Å². The average molecular weight is 297 g/mol. The van der Waals surface area contributed by atoms with Crippen LogP contribution in [0.2, 0.25) is 0 Å². The van der Waals surface area contributed by atoms with Crippen molar-refractivity contribution in [2.75, 3.05) is 6.61 Å². The third kappa shape index (κ3) is 4.45. The molecule has 0 atom stereocenters. The van der Waals surface area contributed by atoms with E-state index in [9.17, 15) is 9.59 Å². The molecule has 0 heterocycles. The first-order chi connectivity index (χ1) is 10.6. The zero-order chi connectivity index (χ0) is 15.9. The molecule has 114 valence electrons. The van der Waals surface area contributed by atoms with E-state index in [1.807, 2.05) is 31.2 Å². The van der Waals surface area contributed by atoms with Crippen molar-refractivity contribution in [3.05, 3.63) is 65.2 Å². The van der Waals surface area contributed by atoms with Crippen LogP contribution < -0.4 is 10.1 Å². The smallest absolute Gasteiger partial charge is 0.258 e. The van der Waals surface area contributed by atoms with Crippen molar-refractivity contribution in [1.82, 2.24) is 5.32 Å². The van der Waals surface area contributed by atoms with Gasteiger partial charge in [-0.2, -0.15) is 0 Å². The van der Waals surface area contributed by atoms with Crippen molar-refractivity contribution >= 4 is 11.7 Å². The van der Waals surface area contributed by atoms with E-state index in [0.717, 1.165) is 11.1 Å². The average Bonchev–Trinajstić information content (AvgIpc) is 2.52. The summed E-state index contributed by atoms with van der Waals surface area (Å²) in [5.41, 5.74) is 2.85. The van der Waals surface area contributed by atoms with Gasteiger partial charge in [0.2, 0.25) is 0 Å². The van der Waals surface area contributed by atoms with Gasteiger partial charge in [0.1, 0.15) is 5.75 Å². The van der Waals surface area contributed by atoms with Gasteiger partial charge in [-0.3, -0.25) is 9.59 Å². The van der Waals surface area contributed by atoms with Gasteiger partial charge in [-0.15, -0.1) is 0 Å². The molecule has 0 aliphatic carbocycles. The van der Waals surface area contributed by atoms with Gasteiger partial charge >= 0.3 is 0 Å². The summed E-state index contributed by atoms with van der Waals surface area (Å²) in [7, 11) is 0. The highest BCUT2D eigenvalue weighted by Crippen LogP contribution is 2.12. The highest BCUT2D eigenvalue weighted by atomic mass is 16.5. The molecule has 4 nitrogen and oxygen atoms in total. The fourth-order valence-corrected chi connectivity index (χ4v) is 1.99. The minimum atomic E-state index is -0.182. The number of rotatable bonds is 6. The molecule has 0 spiro atoms. The molecular weight excluding hydrogens is 278 g/mol. The molecule has 4 heteroatoms. The molecule has 0 saturated carbocycles. The molecule has 0 radical (unpaired) electrons. The summed E-state index contributed by atoms with van der Waals surface area (Å²) < 4.78 is 5.40. The highest BCUT2D eigenvalue weighted by Gasteiger charge is 2.05. The quantitative estimate of drug-likeness (QED) is 0.834. The standard InChI is InChI=1S/C18H19NO3/c1-13-5-3-4-6-16(13)11-19-18(21)12-22-17-9-7-15(8-10-17)14(2)20/h3-10H,11-12H2,1-2H3,(H,19,21). The van der Waals surface area contributed by atoms with Crippen LogP contribution in [0.5, 0.6) is 5.75 Å².